The molecule has 0 atom stereocenters. The first kappa shape index (κ1) is 23.9. The van der Waals surface area contributed by atoms with Crippen LogP contribution in [0.15, 0.2) is 35.1 Å². The molecular formula is C19H21F3N4O5S. The van der Waals surface area contributed by atoms with Crippen molar-refractivity contribution in [1.29, 1.82) is 0 Å². The van der Waals surface area contributed by atoms with Crippen molar-refractivity contribution in [3.8, 4) is 5.69 Å². The van der Waals surface area contributed by atoms with Crippen LogP contribution in [-0.2, 0) is 20.9 Å². The van der Waals surface area contributed by atoms with E-state index in [1.807, 2.05) is 0 Å². The van der Waals surface area contributed by atoms with Gasteiger partial charge < -0.3 is 10.1 Å². The van der Waals surface area contributed by atoms with Crippen molar-refractivity contribution in [2.75, 3.05) is 38.6 Å². The average Bonchev–Trinajstić information content (AvgIpc) is 2.73. The van der Waals surface area contributed by atoms with Crippen LogP contribution in [0.2, 0.25) is 0 Å². The van der Waals surface area contributed by atoms with Crippen molar-refractivity contribution < 1.29 is 31.1 Å². The predicted molar refractivity (Wildman–Crippen MR) is 108 cm³/mol. The van der Waals surface area contributed by atoms with Crippen LogP contribution in [-0.4, -0.2) is 67.0 Å². The van der Waals surface area contributed by atoms with Crippen molar-refractivity contribution in [2.45, 2.75) is 13.1 Å². The summed E-state index contributed by atoms with van der Waals surface area (Å²) in [5, 5.41) is 6.14. The molecule has 1 aliphatic rings. The maximum Gasteiger partial charge on any atom is 0.418 e. The smallest absolute Gasteiger partial charge is 0.379 e. The maximum absolute atomic E-state index is 13.4. The molecule has 174 valence electrons. The Balaban J connectivity index is 1.81. The number of nitrogens with one attached hydrogen (secondary N) is 1. The molecule has 0 radical (unpaired) electrons. The number of rotatable bonds is 6. The molecule has 1 amide bonds. The zero-order valence-corrected chi connectivity index (χ0v) is 17.9. The van der Waals surface area contributed by atoms with E-state index in [4.69, 9.17) is 4.74 Å². The van der Waals surface area contributed by atoms with Crippen LogP contribution >= 0.6 is 0 Å². The van der Waals surface area contributed by atoms with Crippen LogP contribution in [0.5, 0.6) is 0 Å². The van der Waals surface area contributed by atoms with Gasteiger partial charge in [-0.3, -0.25) is 9.59 Å². The number of carbonyl (C=O) groups is 1. The van der Waals surface area contributed by atoms with E-state index in [1.54, 1.807) is 0 Å². The van der Waals surface area contributed by atoms with E-state index in [-0.39, 0.29) is 44.2 Å². The summed E-state index contributed by atoms with van der Waals surface area (Å²) in [6.07, 6.45) is -4.68. The number of hydrogen-bond acceptors (Lipinski definition) is 6. The first-order valence-electron chi connectivity index (χ1n) is 9.62. The van der Waals surface area contributed by atoms with E-state index in [0.717, 1.165) is 16.8 Å². The number of hydrogen-bond donors (Lipinski definition) is 1. The van der Waals surface area contributed by atoms with Crippen molar-refractivity contribution >= 4 is 15.9 Å². The lowest BCUT2D eigenvalue weighted by Gasteiger charge is -2.26. The van der Waals surface area contributed by atoms with Gasteiger partial charge >= 0.3 is 6.18 Å². The zero-order valence-electron chi connectivity index (χ0n) is 17.1. The van der Waals surface area contributed by atoms with Crippen molar-refractivity contribution in [2.24, 2.45) is 0 Å². The number of halogens is 3. The highest BCUT2D eigenvalue weighted by atomic mass is 32.2. The van der Waals surface area contributed by atoms with Crippen molar-refractivity contribution in [3.05, 3.63) is 57.5 Å². The summed E-state index contributed by atoms with van der Waals surface area (Å²) in [5.41, 5.74) is -2.67. The van der Waals surface area contributed by atoms with Crippen LogP contribution in [0.1, 0.15) is 21.7 Å². The Kier molecular flexibility index (Phi) is 7.00. The lowest BCUT2D eigenvalue weighted by atomic mass is 10.1. The minimum atomic E-state index is -4.68. The van der Waals surface area contributed by atoms with Gasteiger partial charge in [-0.05, 0) is 19.1 Å². The standard InChI is InChI=1S/C19H21F3N4O5S/c1-13-12-16(27)17(24-26(13)15-5-3-2-4-14(15)19(20,21)22)18(28)23-6-11-32(29,30)25-7-9-31-10-8-25/h2-5,12H,6-11H2,1H3,(H,23,28). The summed E-state index contributed by atoms with van der Waals surface area (Å²) in [5.74, 6) is -1.39. The van der Waals surface area contributed by atoms with Crippen LogP contribution in [0.4, 0.5) is 13.2 Å². The summed E-state index contributed by atoms with van der Waals surface area (Å²) in [7, 11) is -3.64. The van der Waals surface area contributed by atoms with Crippen LogP contribution in [0, 0.1) is 6.92 Å². The van der Waals surface area contributed by atoms with Gasteiger partial charge in [0.25, 0.3) is 5.91 Å². The molecule has 0 aliphatic carbocycles. The molecule has 13 heteroatoms. The molecule has 32 heavy (non-hydrogen) atoms. The maximum atomic E-state index is 13.4. The van der Waals surface area contributed by atoms with Gasteiger partial charge in [0.1, 0.15) is 0 Å². The molecule has 2 aromatic rings. The second-order valence-electron chi connectivity index (χ2n) is 7.01. The van der Waals surface area contributed by atoms with Gasteiger partial charge in [0, 0.05) is 31.4 Å². The lowest BCUT2D eigenvalue weighted by molar-refractivity contribution is -0.137. The van der Waals surface area contributed by atoms with E-state index >= 15 is 0 Å². The van der Waals surface area contributed by atoms with Gasteiger partial charge in [-0.25, -0.2) is 13.1 Å². The fourth-order valence-corrected chi connectivity index (χ4v) is 4.50. The molecular weight excluding hydrogens is 453 g/mol. The third-order valence-electron chi connectivity index (χ3n) is 4.77. The molecule has 0 bridgehead atoms. The minimum Gasteiger partial charge on any atom is -0.379 e. The summed E-state index contributed by atoms with van der Waals surface area (Å²) in [6, 6.07) is 5.63. The summed E-state index contributed by atoms with van der Waals surface area (Å²) < 4.78 is 72.0. The molecule has 2 heterocycles. The number of aryl methyl sites for hydroxylation is 1. The second kappa shape index (κ2) is 9.38. The number of amides is 1. The molecule has 3 rings (SSSR count). The van der Waals surface area contributed by atoms with Gasteiger partial charge in [0.2, 0.25) is 15.5 Å². The number of benzene rings is 1. The number of para-hydroxylation sites is 1. The SMILES string of the molecule is Cc1cc(=O)c(C(=O)NCCS(=O)(=O)N2CCOCC2)nn1-c1ccccc1C(F)(F)F. The fraction of sp³-hybridized carbons (Fsp3) is 0.421. The third-order valence-corrected chi connectivity index (χ3v) is 6.64. The highest BCUT2D eigenvalue weighted by molar-refractivity contribution is 7.89. The lowest BCUT2D eigenvalue weighted by Crippen LogP contribution is -2.44. The quantitative estimate of drug-likeness (QED) is 0.668. The average molecular weight is 474 g/mol. The van der Waals surface area contributed by atoms with Gasteiger partial charge in [0.15, 0.2) is 5.69 Å². The number of alkyl halides is 3. The van der Waals surface area contributed by atoms with Gasteiger partial charge in [-0.15, -0.1) is 0 Å². The van der Waals surface area contributed by atoms with Crippen LogP contribution < -0.4 is 10.7 Å². The molecule has 0 unspecified atom stereocenters. The molecule has 1 aromatic heterocycles. The molecule has 1 aliphatic heterocycles. The Labute approximate surface area is 181 Å². The largest absolute Gasteiger partial charge is 0.418 e. The third kappa shape index (κ3) is 5.34. The molecule has 0 spiro atoms. The second-order valence-corrected chi connectivity index (χ2v) is 9.10. The van der Waals surface area contributed by atoms with Crippen LogP contribution in [0.3, 0.4) is 0 Å². The molecule has 1 fully saturated rings. The Hall–Kier alpha value is -2.77. The summed E-state index contributed by atoms with van der Waals surface area (Å²) in [4.78, 5) is 24.7. The topological polar surface area (TPSA) is 111 Å². The number of ether oxygens (including phenoxy) is 1. The molecule has 1 aromatic carbocycles. The van der Waals surface area contributed by atoms with E-state index in [9.17, 15) is 31.2 Å². The van der Waals surface area contributed by atoms with E-state index in [1.165, 1.54) is 29.4 Å². The van der Waals surface area contributed by atoms with E-state index < -0.39 is 44.5 Å². The number of nitrogens with zero attached hydrogens (tertiary/aromatic N) is 3. The molecule has 9 nitrogen and oxygen atoms in total. The van der Waals surface area contributed by atoms with Gasteiger partial charge in [0.05, 0.1) is 30.2 Å². The van der Waals surface area contributed by atoms with Crippen molar-refractivity contribution in [3.63, 3.8) is 0 Å². The normalized spacial score (nSPS) is 15.5. The summed E-state index contributed by atoms with van der Waals surface area (Å²) >= 11 is 0. The van der Waals surface area contributed by atoms with E-state index in [2.05, 4.69) is 10.4 Å². The summed E-state index contributed by atoms with van der Waals surface area (Å²) in [6.45, 7) is 2.05. The van der Waals surface area contributed by atoms with Crippen LogP contribution in [0.25, 0.3) is 5.69 Å². The van der Waals surface area contributed by atoms with Gasteiger partial charge in [-0.2, -0.15) is 22.6 Å². The number of carbonyl (C=O) groups excluding carboxylic acids is 1. The Morgan fingerprint density at radius 3 is 2.53 bits per heavy atom. The van der Waals surface area contributed by atoms with Gasteiger partial charge in [-0.1, -0.05) is 12.1 Å². The monoisotopic (exact) mass is 474 g/mol. The highest BCUT2D eigenvalue weighted by Gasteiger charge is 2.34. The number of aromatic nitrogens is 2. The zero-order chi connectivity index (χ0) is 23.5. The van der Waals surface area contributed by atoms with Crippen molar-refractivity contribution in [1.82, 2.24) is 19.4 Å². The minimum absolute atomic E-state index is 0.0955. The number of morpholine rings is 1. The first-order chi connectivity index (χ1) is 15.0. The number of sulfonamides is 1. The Morgan fingerprint density at radius 1 is 1.22 bits per heavy atom. The molecule has 1 N–H and O–H groups in total. The predicted octanol–water partition coefficient (Wildman–Crippen LogP) is 0.952. The first-order valence-corrected chi connectivity index (χ1v) is 11.2. The fourth-order valence-electron chi connectivity index (χ4n) is 3.18. The van der Waals surface area contributed by atoms with E-state index in [0.29, 0.717) is 0 Å². The Morgan fingerprint density at radius 2 is 1.88 bits per heavy atom. The Bertz CT molecular complexity index is 1160. The molecule has 0 saturated carbocycles. The molecule has 1 saturated heterocycles. The highest BCUT2D eigenvalue weighted by Crippen LogP contribution is 2.33.